The lowest BCUT2D eigenvalue weighted by Gasteiger charge is -2.11. The Balaban J connectivity index is 2.51. The van der Waals surface area contributed by atoms with Gasteiger partial charge in [0.05, 0.1) is 18.4 Å². The van der Waals surface area contributed by atoms with Crippen molar-refractivity contribution in [2.75, 3.05) is 0 Å². The molecule has 0 fully saturated rings. The first-order chi connectivity index (χ1) is 7.09. The third-order valence-electron chi connectivity index (χ3n) is 2.47. The number of ether oxygens (including phenoxy) is 2. The van der Waals surface area contributed by atoms with Crippen molar-refractivity contribution < 1.29 is 14.3 Å². The van der Waals surface area contributed by atoms with Crippen LogP contribution in [0.1, 0.15) is 36.8 Å². The van der Waals surface area contributed by atoms with Crippen LogP contribution in [0.4, 0.5) is 0 Å². The molecule has 1 aromatic heterocycles. The van der Waals surface area contributed by atoms with E-state index >= 15 is 0 Å². The first-order valence-electron chi connectivity index (χ1n) is 4.88. The molecule has 0 aliphatic carbocycles. The van der Waals surface area contributed by atoms with Gasteiger partial charge in [0.25, 0.3) is 0 Å². The quantitative estimate of drug-likeness (QED) is 0.660. The van der Waals surface area contributed by atoms with Gasteiger partial charge in [-0.15, -0.1) is 0 Å². The third-order valence-corrected chi connectivity index (χ3v) is 2.47. The molecule has 0 saturated heterocycles. The van der Waals surface area contributed by atoms with Crippen molar-refractivity contribution in [1.29, 1.82) is 0 Å². The van der Waals surface area contributed by atoms with E-state index in [0.717, 1.165) is 16.8 Å². The number of aromatic nitrogens is 1. The molecule has 2 heterocycles. The second kappa shape index (κ2) is 3.62. The number of nitrogens with zero attached hydrogens (tertiary/aromatic N) is 1. The molecule has 0 amide bonds. The molecule has 0 spiro atoms. The molecule has 2 rings (SSSR count). The molecule has 0 radical (unpaired) electrons. The summed E-state index contributed by atoms with van der Waals surface area (Å²) in [5.41, 5.74) is 2.68. The molecule has 4 heteroatoms. The van der Waals surface area contributed by atoms with Gasteiger partial charge in [0.15, 0.2) is 5.75 Å². The Morgan fingerprint density at radius 3 is 3.07 bits per heavy atom. The van der Waals surface area contributed by atoms with Crippen LogP contribution in [0.3, 0.4) is 0 Å². The summed E-state index contributed by atoms with van der Waals surface area (Å²) in [4.78, 5) is 15.2. The second-order valence-electron chi connectivity index (χ2n) is 3.66. The van der Waals surface area contributed by atoms with Crippen LogP contribution in [0.25, 0.3) is 0 Å². The molecule has 80 valence electrons. The van der Waals surface area contributed by atoms with Crippen molar-refractivity contribution in [3.05, 3.63) is 23.0 Å². The van der Waals surface area contributed by atoms with Gasteiger partial charge < -0.3 is 9.47 Å². The van der Waals surface area contributed by atoms with Crippen molar-refractivity contribution >= 4 is 5.97 Å². The van der Waals surface area contributed by atoms with Crippen LogP contribution in [-0.2, 0) is 16.1 Å². The first kappa shape index (κ1) is 10.1. The maximum Gasteiger partial charge on any atom is 0.308 e. The van der Waals surface area contributed by atoms with E-state index in [-0.39, 0.29) is 12.1 Å². The minimum atomic E-state index is -0.326. The van der Waals surface area contributed by atoms with Gasteiger partial charge in [0.1, 0.15) is 0 Å². The summed E-state index contributed by atoms with van der Waals surface area (Å²) in [5, 5.41) is 0. The summed E-state index contributed by atoms with van der Waals surface area (Å²) >= 11 is 0. The van der Waals surface area contributed by atoms with E-state index in [1.54, 1.807) is 6.20 Å². The molecule has 0 saturated carbocycles. The van der Waals surface area contributed by atoms with Gasteiger partial charge in [-0.1, -0.05) is 0 Å². The molecular formula is C11H13NO3. The zero-order valence-corrected chi connectivity index (χ0v) is 9.03. The Kier molecular flexibility index (Phi) is 2.44. The molecule has 15 heavy (non-hydrogen) atoms. The Hall–Kier alpha value is -1.42. The van der Waals surface area contributed by atoms with Crippen molar-refractivity contribution in [3.8, 4) is 5.75 Å². The number of carbonyl (C=O) groups excluding carboxylic acids is 1. The highest BCUT2D eigenvalue weighted by molar-refractivity contribution is 5.70. The average molecular weight is 207 g/mol. The highest BCUT2D eigenvalue weighted by Crippen LogP contribution is 2.38. The Bertz CT molecular complexity index is 415. The standard InChI is InChI=1S/C11H13NO3/c1-6-11(15-8(3)13)10-7(2)14-5-9(10)4-12-6/h4,7H,5H2,1-3H3. The van der Waals surface area contributed by atoms with Gasteiger partial charge in [-0.05, 0) is 13.8 Å². The summed E-state index contributed by atoms with van der Waals surface area (Å²) in [6, 6.07) is 0. The summed E-state index contributed by atoms with van der Waals surface area (Å²) in [6.07, 6.45) is 1.75. The Morgan fingerprint density at radius 1 is 1.67 bits per heavy atom. The van der Waals surface area contributed by atoms with E-state index in [0.29, 0.717) is 12.4 Å². The first-order valence-corrected chi connectivity index (χ1v) is 4.88. The number of fused-ring (bicyclic) bond motifs is 1. The summed E-state index contributed by atoms with van der Waals surface area (Å²) in [7, 11) is 0. The van der Waals surface area contributed by atoms with Crippen LogP contribution in [0.2, 0.25) is 0 Å². The van der Waals surface area contributed by atoms with E-state index in [4.69, 9.17) is 9.47 Å². The van der Waals surface area contributed by atoms with Crippen LogP contribution in [0.5, 0.6) is 5.75 Å². The summed E-state index contributed by atoms with van der Waals surface area (Å²) < 4.78 is 10.6. The highest BCUT2D eigenvalue weighted by atomic mass is 16.5. The monoisotopic (exact) mass is 207 g/mol. The number of hydrogen-bond acceptors (Lipinski definition) is 4. The van der Waals surface area contributed by atoms with Gasteiger partial charge in [-0.3, -0.25) is 9.78 Å². The normalized spacial score (nSPS) is 18.7. The van der Waals surface area contributed by atoms with Gasteiger partial charge in [0, 0.05) is 24.2 Å². The van der Waals surface area contributed by atoms with Gasteiger partial charge in [0.2, 0.25) is 0 Å². The number of esters is 1. The molecule has 4 nitrogen and oxygen atoms in total. The summed E-state index contributed by atoms with van der Waals surface area (Å²) in [6.45, 7) is 5.69. The molecule has 1 unspecified atom stereocenters. The van der Waals surface area contributed by atoms with Crippen LogP contribution in [0.15, 0.2) is 6.20 Å². The smallest absolute Gasteiger partial charge is 0.308 e. The Labute approximate surface area is 88.2 Å². The van der Waals surface area contributed by atoms with E-state index in [1.165, 1.54) is 6.92 Å². The van der Waals surface area contributed by atoms with Gasteiger partial charge in [-0.25, -0.2) is 0 Å². The maximum atomic E-state index is 11.0. The second-order valence-corrected chi connectivity index (χ2v) is 3.66. The largest absolute Gasteiger partial charge is 0.424 e. The van der Waals surface area contributed by atoms with Crippen molar-refractivity contribution in [3.63, 3.8) is 0 Å². The molecule has 1 aromatic rings. The maximum absolute atomic E-state index is 11.0. The molecule has 1 atom stereocenters. The SMILES string of the molecule is CC(=O)Oc1c(C)ncc2c1C(C)OC2. The van der Waals surface area contributed by atoms with Crippen molar-refractivity contribution in [2.24, 2.45) is 0 Å². The van der Waals surface area contributed by atoms with Crippen LogP contribution in [-0.4, -0.2) is 11.0 Å². The predicted molar refractivity (Wildman–Crippen MR) is 53.5 cm³/mol. The van der Waals surface area contributed by atoms with E-state index in [2.05, 4.69) is 4.98 Å². The zero-order chi connectivity index (χ0) is 11.0. The lowest BCUT2D eigenvalue weighted by Crippen LogP contribution is -2.07. The van der Waals surface area contributed by atoms with Crippen LogP contribution >= 0.6 is 0 Å². The number of pyridine rings is 1. The lowest BCUT2D eigenvalue weighted by molar-refractivity contribution is -0.132. The average Bonchev–Trinajstić information content (AvgIpc) is 2.52. The van der Waals surface area contributed by atoms with Crippen LogP contribution < -0.4 is 4.74 Å². The van der Waals surface area contributed by atoms with E-state index in [9.17, 15) is 4.79 Å². The van der Waals surface area contributed by atoms with Gasteiger partial charge >= 0.3 is 5.97 Å². The summed E-state index contributed by atoms with van der Waals surface area (Å²) in [5.74, 6) is 0.234. The van der Waals surface area contributed by atoms with Crippen LogP contribution in [0, 0.1) is 6.92 Å². The molecule has 0 aromatic carbocycles. The minimum Gasteiger partial charge on any atom is -0.424 e. The highest BCUT2D eigenvalue weighted by Gasteiger charge is 2.26. The van der Waals surface area contributed by atoms with Crippen molar-refractivity contribution in [1.82, 2.24) is 4.98 Å². The number of rotatable bonds is 1. The van der Waals surface area contributed by atoms with E-state index < -0.39 is 0 Å². The number of carbonyl (C=O) groups is 1. The molecule has 0 bridgehead atoms. The molecule has 1 aliphatic heterocycles. The zero-order valence-electron chi connectivity index (χ0n) is 9.03. The van der Waals surface area contributed by atoms with E-state index in [1.807, 2.05) is 13.8 Å². The number of hydrogen-bond donors (Lipinski definition) is 0. The molecule has 1 aliphatic rings. The Morgan fingerprint density at radius 2 is 2.40 bits per heavy atom. The fraction of sp³-hybridized carbons (Fsp3) is 0.455. The molecule has 0 N–H and O–H groups in total. The fourth-order valence-electron chi connectivity index (χ4n) is 1.78. The minimum absolute atomic E-state index is 0.0314. The number of aryl methyl sites for hydroxylation is 1. The third kappa shape index (κ3) is 1.72. The fourth-order valence-corrected chi connectivity index (χ4v) is 1.78. The topological polar surface area (TPSA) is 48.4 Å². The van der Waals surface area contributed by atoms with Gasteiger partial charge in [-0.2, -0.15) is 0 Å². The molecular weight excluding hydrogens is 194 g/mol. The lowest BCUT2D eigenvalue weighted by atomic mass is 10.1. The predicted octanol–water partition coefficient (Wildman–Crippen LogP) is 1.91. The van der Waals surface area contributed by atoms with Crippen molar-refractivity contribution in [2.45, 2.75) is 33.5 Å².